The minimum Gasteiger partial charge on any atom is -0.330 e. The van der Waals surface area contributed by atoms with Gasteiger partial charge in [-0.1, -0.05) is 77.6 Å². The van der Waals surface area contributed by atoms with Crippen LogP contribution in [0.5, 0.6) is 0 Å². The van der Waals surface area contributed by atoms with Crippen molar-refractivity contribution in [3.8, 4) is 0 Å². The molecule has 0 aromatic heterocycles. The molecule has 0 aliphatic heterocycles. The summed E-state index contributed by atoms with van der Waals surface area (Å²) in [6.07, 6.45) is 5.59. The second-order valence-electron chi connectivity index (χ2n) is 3.11. The standard InChI is InChI=1S/C8H8.C5H13N.2CH4/c1-2-8-6-4-3-5-7-8;1-2-3-4-5-6;;/h2-7H,1H2;2-6H2,1H3;2*1H4. The Hall–Kier alpha value is -1.08. The van der Waals surface area contributed by atoms with Crippen LogP contribution < -0.4 is 5.73 Å². The predicted octanol–water partition coefficient (Wildman–Crippen LogP) is 4.74. The van der Waals surface area contributed by atoms with Crippen LogP contribution in [0.2, 0.25) is 0 Å². The van der Waals surface area contributed by atoms with Crippen LogP contribution in [0.25, 0.3) is 6.08 Å². The van der Waals surface area contributed by atoms with Crippen molar-refractivity contribution in [3.63, 3.8) is 0 Å². The molecule has 0 radical (unpaired) electrons. The molecular formula is C15H29N. The first-order valence-electron chi connectivity index (χ1n) is 5.22. The van der Waals surface area contributed by atoms with Gasteiger partial charge in [-0.15, -0.1) is 0 Å². The molecule has 0 aliphatic carbocycles. The topological polar surface area (TPSA) is 26.0 Å². The van der Waals surface area contributed by atoms with E-state index in [0.717, 1.165) is 6.54 Å². The number of nitrogens with two attached hydrogens (primary N) is 1. The third-order valence-electron chi connectivity index (χ3n) is 1.84. The molecule has 1 heteroatoms. The van der Waals surface area contributed by atoms with E-state index in [1.54, 1.807) is 0 Å². The first-order chi connectivity index (χ1) is 6.85. The van der Waals surface area contributed by atoms with Crippen LogP contribution in [0, 0.1) is 0 Å². The zero-order valence-electron chi connectivity index (χ0n) is 9.08. The van der Waals surface area contributed by atoms with Gasteiger partial charge in [-0.3, -0.25) is 0 Å². The van der Waals surface area contributed by atoms with Gasteiger partial charge >= 0.3 is 0 Å². The van der Waals surface area contributed by atoms with Crippen molar-refractivity contribution >= 4 is 6.08 Å². The molecule has 0 unspecified atom stereocenters. The van der Waals surface area contributed by atoms with Gasteiger partial charge < -0.3 is 5.73 Å². The van der Waals surface area contributed by atoms with Crippen molar-refractivity contribution < 1.29 is 0 Å². The van der Waals surface area contributed by atoms with Crippen LogP contribution >= 0.6 is 0 Å². The second kappa shape index (κ2) is 16.4. The highest BCUT2D eigenvalue weighted by Crippen LogP contribution is 1.97. The molecule has 1 aromatic carbocycles. The summed E-state index contributed by atoms with van der Waals surface area (Å²) in [5.74, 6) is 0. The zero-order chi connectivity index (χ0) is 10.6. The molecule has 0 heterocycles. The molecule has 1 aromatic rings. The van der Waals surface area contributed by atoms with E-state index >= 15 is 0 Å². The lowest BCUT2D eigenvalue weighted by Gasteiger charge is -1.86. The molecule has 0 atom stereocenters. The lowest BCUT2D eigenvalue weighted by atomic mass is 10.2. The minimum atomic E-state index is 0. The summed E-state index contributed by atoms with van der Waals surface area (Å²) >= 11 is 0. The maximum Gasteiger partial charge on any atom is -0.00773 e. The van der Waals surface area contributed by atoms with E-state index in [2.05, 4.69) is 13.5 Å². The van der Waals surface area contributed by atoms with Gasteiger partial charge in [0.15, 0.2) is 0 Å². The van der Waals surface area contributed by atoms with Gasteiger partial charge in [-0.2, -0.15) is 0 Å². The van der Waals surface area contributed by atoms with Crippen LogP contribution in [0.3, 0.4) is 0 Å². The van der Waals surface area contributed by atoms with Gasteiger partial charge in [0.2, 0.25) is 0 Å². The maximum atomic E-state index is 5.21. The molecule has 0 saturated heterocycles. The van der Waals surface area contributed by atoms with E-state index in [4.69, 9.17) is 5.73 Å². The summed E-state index contributed by atoms with van der Waals surface area (Å²) in [6, 6.07) is 10.0. The van der Waals surface area contributed by atoms with E-state index < -0.39 is 0 Å². The lowest BCUT2D eigenvalue weighted by molar-refractivity contribution is 0.727. The van der Waals surface area contributed by atoms with Crippen LogP contribution in [0.1, 0.15) is 46.6 Å². The molecule has 0 bridgehead atoms. The van der Waals surface area contributed by atoms with Crippen molar-refractivity contribution in [2.24, 2.45) is 5.73 Å². The van der Waals surface area contributed by atoms with Gasteiger partial charge in [0, 0.05) is 0 Å². The van der Waals surface area contributed by atoms with E-state index in [9.17, 15) is 0 Å². The summed E-state index contributed by atoms with van der Waals surface area (Å²) in [5, 5.41) is 0. The van der Waals surface area contributed by atoms with E-state index in [1.165, 1.54) is 24.8 Å². The molecule has 16 heavy (non-hydrogen) atoms. The fourth-order valence-corrected chi connectivity index (χ4v) is 0.983. The molecule has 0 fully saturated rings. The average Bonchev–Trinajstić information content (AvgIpc) is 2.28. The highest BCUT2D eigenvalue weighted by molar-refractivity contribution is 5.45. The molecule has 0 spiro atoms. The number of rotatable bonds is 4. The van der Waals surface area contributed by atoms with E-state index in [-0.39, 0.29) is 14.9 Å². The molecular weight excluding hydrogens is 194 g/mol. The molecule has 0 amide bonds. The summed E-state index contributed by atoms with van der Waals surface area (Å²) in [5.41, 5.74) is 6.39. The Bertz CT molecular complexity index is 212. The van der Waals surface area contributed by atoms with Gasteiger partial charge in [0.05, 0.1) is 0 Å². The third-order valence-corrected chi connectivity index (χ3v) is 1.84. The van der Waals surface area contributed by atoms with Crippen molar-refractivity contribution in [3.05, 3.63) is 42.5 Å². The van der Waals surface area contributed by atoms with Gasteiger partial charge in [0.1, 0.15) is 0 Å². The smallest absolute Gasteiger partial charge is 0.00773 e. The molecule has 0 aliphatic rings. The lowest BCUT2D eigenvalue weighted by Crippen LogP contribution is -1.96. The molecule has 1 rings (SSSR count). The first kappa shape index (κ1) is 20.3. The second-order valence-corrected chi connectivity index (χ2v) is 3.11. The maximum absolute atomic E-state index is 5.21. The summed E-state index contributed by atoms with van der Waals surface area (Å²) in [4.78, 5) is 0. The quantitative estimate of drug-likeness (QED) is 0.733. The Morgan fingerprint density at radius 3 is 1.94 bits per heavy atom. The van der Waals surface area contributed by atoms with Crippen molar-refractivity contribution in [2.45, 2.75) is 41.0 Å². The van der Waals surface area contributed by atoms with Crippen molar-refractivity contribution in [1.29, 1.82) is 0 Å². The minimum absolute atomic E-state index is 0. The Kier molecular flexibility index (Phi) is 20.8. The molecule has 0 saturated carbocycles. The molecule has 2 N–H and O–H groups in total. The van der Waals surface area contributed by atoms with E-state index in [0.29, 0.717) is 0 Å². The number of hydrogen-bond donors (Lipinski definition) is 1. The van der Waals surface area contributed by atoms with Crippen LogP contribution in [0.4, 0.5) is 0 Å². The summed E-state index contributed by atoms with van der Waals surface area (Å²) in [7, 11) is 0. The third kappa shape index (κ3) is 12.9. The average molecular weight is 223 g/mol. The fourth-order valence-electron chi connectivity index (χ4n) is 0.983. The predicted molar refractivity (Wildman–Crippen MR) is 78.6 cm³/mol. The summed E-state index contributed by atoms with van der Waals surface area (Å²) in [6.45, 7) is 6.66. The summed E-state index contributed by atoms with van der Waals surface area (Å²) < 4.78 is 0. The van der Waals surface area contributed by atoms with Crippen LogP contribution in [0.15, 0.2) is 36.9 Å². The molecule has 1 nitrogen and oxygen atoms in total. The van der Waals surface area contributed by atoms with Gasteiger partial charge in [0.25, 0.3) is 0 Å². The van der Waals surface area contributed by atoms with Gasteiger partial charge in [-0.05, 0) is 18.5 Å². The zero-order valence-corrected chi connectivity index (χ0v) is 9.08. The molecule has 94 valence electrons. The van der Waals surface area contributed by atoms with Gasteiger partial charge in [-0.25, -0.2) is 0 Å². The van der Waals surface area contributed by atoms with Crippen molar-refractivity contribution in [2.75, 3.05) is 6.54 Å². The first-order valence-corrected chi connectivity index (χ1v) is 5.22. The Balaban J connectivity index is -0.000000195. The fraction of sp³-hybridized carbons (Fsp3) is 0.467. The monoisotopic (exact) mass is 223 g/mol. The SMILES string of the molecule is C.C.C=Cc1ccccc1.CCCCCN. The largest absolute Gasteiger partial charge is 0.330 e. The Morgan fingerprint density at radius 2 is 1.69 bits per heavy atom. The highest BCUT2D eigenvalue weighted by Gasteiger charge is 1.76. The number of benzene rings is 1. The number of unbranched alkanes of at least 4 members (excludes halogenated alkanes) is 2. The normalized spacial score (nSPS) is 7.62. The Labute approximate surface area is 102 Å². The van der Waals surface area contributed by atoms with Crippen LogP contribution in [-0.4, -0.2) is 6.54 Å². The Morgan fingerprint density at radius 1 is 1.12 bits per heavy atom. The highest BCUT2D eigenvalue weighted by atomic mass is 14.5. The number of hydrogen-bond acceptors (Lipinski definition) is 1. The van der Waals surface area contributed by atoms with Crippen LogP contribution in [-0.2, 0) is 0 Å². The van der Waals surface area contributed by atoms with Crippen molar-refractivity contribution in [1.82, 2.24) is 0 Å². The van der Waals surface area contributed by atoms with E-state index in [1.807, 2.05) is 36.4 Å².